The van der Waals surface area contributed by atoms with E-state index >= 15 is 0 Å². The number of aliphatic hydroxyl groups excluding tert-OH is 2. The van der Waals surface area contributed by atoms with Gasteiger partial charge < -0.3 is 21.1 Å². The first kappa shape index (κ1) is 11.6. The Kier molecular flexibility index (Phi) is 3.73. The number of carbonyl (C=O) groups is 1. The van der Waals surface area contributed by atoms with Crippen molar-refractivity contribution in [2.45, 2.75) is 12.2 Å². The molecule has 0 fully saturated rings. The van der Waals surface area contributed by atoms with Crippen molar-refractivity contribution in [3.8, 4) is 0 Å². The molecule has 1 rings (SSSR count). The number of hydrogen-bond donors (Lipinski definition) is 4. The van der Waals surface area contributed by atoms with Gasteiger partial charge in [0.25, 0.3) is 0 Å². The largest absolute Gasteiger partial charge is 0.478 e. The van der Waals surface area contributed by atoms with Gasteiger partial charge in [-0.2, -0.15) is 0 Å². The zero-order valence-electron chi connectivity index (χ0n) is 7.87. The molecule has 0 bridgehead atoms. The number of nitrogens with two attached hydrogens (primary N) is 1. The number of aromatic carboxylic acids is 1. The van der Waals surface area contributed by atoms with E-state index in [0.717, 1.165) is 0 Å². The van der Waals surface area contributed by atoms with Crippen LogP contribution in [0.2, 0.25) is 0 Å². The summed E-state index contributed by atoms with van der Waals surface area (Å²) in [7, 11) is 0. The molecule has 0 aromatic carbocycles. The minimum Gasteiger partial charge on any atom is -0.478 e. The van der Waals surface area contributed by atoms with Crippen LogP contribution >= 0.6 is 0 Å². The first-order chi connectivity index (χ1) is 7.07. The standard InChI is InChI=1S/C9H12N2O4/c10-4-6(12)8(13)7-5(9(14)15)2-1-3-11-7/h1-3,6,8,12-13H,4,10H2,(H,14,15). The highest BCUT2D eigenvalue weighted by atomic mass is 16.4. The van der Waals surface area contributed by atoms with Gasteiger partial charge in [-0.15, -0.1) is 0 Å². The van der Waals surface area contributed by atoms with E-state index in [4.69, 9.17) is 10.8 Å². The van der Waals surface area contributed by atoms with Crippen LogP contribution in [0.3, 0.4) is 0 Å². The molecule has 0 aliphatic rings. The molecule has 6 heteroatoms. The molecule has 2 atom stereocenters. The van der Waals surface area contributed by atoms with Gasteiger partial charge >= 0.3 is 5.97 Å². The Labute approximate surface area is 86.0 Å². The van der Waals surface area contributed by atoms with Gasteiger partial charge in [-0.1, -0.05) is 0 Å². The van der Waals surface area contributed by atoms with Crippen LogP contribution in [0, 0.1) is 0 Å². The first-order valence-electron chi connectivity index (χ1n) is 4.32. The summed E-state index contributed by atoms with van der Waals surface area (Å²) in [5.74, 6) is -1.21. The molecule has 2 unspecified atom stereocenters. The fraction of sp³-hybridized carbons (Fsp3) is 0.333. The Balaban J connectivity index is 3.07. The summed E-state index contributed by atoms with van der Waals surface area (Å²) >= 11 is 0. The zero-order valence-corrected chi connectivity index (χ0v) is 7.87. The van der Waals surface area contributed by atoms with Crippen molar-refractivity contribution < 1.29 is 20.1 Å². The summed E-state index contributed by atoms with van der Waals surface area (Å²) in [5, 5.41) is 27.6. The third kappa shape index (κ3) is 2.50. The molecule has 82 valence electrons. The molecular weight excluding hydrogens is 200 g/mol. The second kappa shape index (κ2) is 4.83. The summed E-state index contributed by atoms with van der Waals surface area (Å²) in [5.41, 5.74) is 4.93. The molecule has 0 saturated heterocycles. The van der Waals surface area contributed by atoms with E-state index in [1.807, 2.05) is 0 Å². The quantitative estimate of drug-likeness (QED) is 0.515. The molecule has 0 radical (unpaired) electrons. The van der Waals surface area contributed by atoms with Gasteiger partial charge in [-0.25, -0.2) is 4.79 Å². The van der Waals surface area contributed by atoms with Crippen molar-refractivity contribution >= 4 is 5.97 Å². The van der Waals surface area contributed by atoms with Crippen LogP contribution in [-0.4, -0.2) is 38.9 Å². The van der Waals surface area contributed by atoms with Crippen LogP contribution in [0.4, 0.5) is 0 Å². The highest BCUT2D eigenvalue weighted by Crippen LogP contribution is 2.18. The molecule has 1 aromatic rings. The molecule has 6 nitrogen and oxygen atoms in total. The smallest absolute Gasteiger partial charge is 0.337 e. The number of carboxylic acid groups (broad SMARTS) is 1. The predicted molar refractivity (Wildman–Crippen MR) is 51.2 cm³/mol. The third-order valence-corrected chi connectivity index (χ3v) is 1.96. The van der Waals surface area contributed by atoms with Crippen molar-refractivity contribution in [3.05, 3.63) is 29.6 Å². The minimum atomic E-state index is -1.39. The highest BCUT2D eigenvalue weighted by molar-refractivity contribution is 5.88. The number of aliphatic hydroxyl groups is 2. The SMILES string of the molecule is NCC(O)C(O)c1ncccc1C(=O)O. The number of aromatic nitrogens is 1. The Bertz CT molecular complexity index is 356. The summed E-state index contributed by atoms with van der Waals surface area (Å²) in [6.07, 6.45) is -1.27. The molecule has 0 spiro atoms. The first-order valence-corrected chi connectivity index (χ1v) is 4.32. The average molecular weight is 212 g/mol. The molecule has 1 heterocycles. The fourth-order valence-corrected chi connectivity index (χ4v) is 1.15. The molecule has 0 saturated carbocycles. The zero-order chi connectivity index (χ0) is 11.4. The third-order valence-electron chi connectivity index (χ3n) is 1.96. The summed E-state index contributed by atoms with van der Waals surface area (Å²) < 4.78 is 0. The van der Waals surface area contributed by atoms with E-state index in [-0.39, 0.29) is 17.8 Å². The highest BCUT2D eigenvalue weighted by Gasteiger charge is 2.23. The maximum Gasteiger partial charge on any atom is 0.337 e. The molecule has 0 aliphatic heterocycles. The molecule has 5 N–H and O–H groups in total. The Hall–Kier alpha value is -1.50. The number of hydrogen-bond acceptors (Lipinski definition) is 5. The van der Waals surface area contributed by atoms with E-state index in [0.29, 0.717) is 0 Å². The van der Waals surface area contributed by atoms with Crippen LogP contribution in [0.1, 0.15) is 22.2 Å². The monoisotopic (exact) mass is 212 g/mol. The molecule has 15 heavy (non-hydrogen) atoms. The number of rotatable bonds is 4. The number of nitrogens with zero attached hydrogens (tertiary/aromatic N) is 1. The summed E-state index contributed by atoms with van der Waals surface area (Å²) in [4.78, 5) is 14.5. The van der Waals surface area contributed by atoms with Gasteiger partial charge in [0.15, 0.2) is 0 Å². The van der Waals surface area contributed by atoms with E-state index < -0.39 is 18.2 Å². The van der Waals surface area contributed by atoms with Gasteiger partial charge in [0, 0.05) is 12.7 Å². The van der Waals surface area contributed by atoms with Crippen LogP contribution in [0.5, 0.6) is 0 Å². The lowest BCUT2D eigenvalue weighted by molar-refractivity contribution is 0.0205. The van der Waals surface area contributed by atoms with Gasteiger partial charge in [-0.05, 0) is 12.1 Å². The Morgan fingerprint density at radius 2 is 2.20 bits per heavy atom. The molecule has 0 aliphatic carbocycles. The fourth-order valence-electron chi connectivity index (χ4n) is 1.15. The molecular formula is C9H12N2O4. The van der Waals surface area contributed by atoms with E-state index in [1.54, 1.807) is 0 Å². The van der Waals surface area contributed by atoms with Crippen LogP contribution in [0.15, 0.2) is 18.3 Å². The van der Waals surface area contributed by atoms with Crippen LogP contribution < -0.4 is 5.73 Å². The number of pyridine rings is 1. The van der Waals surface area contributed by atoms with Crippen molar-refractivity contribution in [2.75, 3.05) is 6.54 Å². The summed E-state index contributed by atoms with van der Waals surface area (Å²) in [6.45, 7) is -0.170. The summed E-state index contributed by atoms with van der Waals surface area (Å²) in [6, 6.07) is 2.74. The van der Waals surface area contributed by atoms with Crippen molar-refractivity contribution in [1.82, 2.24) is 4.98 Å². The van der Waals surface area contributed by atoms with Crippen LogP contribution in [0.25, 0.3) is 0 Å². The Morgan fingerprint density at radius 3 is 2.73 bits per heavy atom. The topological polar surface area (TPSA) is 117 Å². The number of carboxylic acids is 1. The van der Waals surface area contributed by atoms with E-state index in [2.05, 4.69) is 4.98 Å². The van der Waals surface area contributed by atoms with Gasteiger partial charge in [-0.3, -0.25) is 4.98 Å². The van der Waals surface area contributed by atoms with Gasteiger partial charge in [0.05, 0.1) is 17.4 Å². The Morgan fingerprint density at radius 1 is 1.53 bits per heavy atom. The van der Waals surface area contributed by atoms with Crippen molar-refractivity contribution in [3.63, 3.8) is 0 Å². The van der Waals surface area contributed by atoms with Crippen molar-refractivity contribution in [1.29, 1.82) is 0 Å². The van der Waals surface area contributed by atoms with Crippen LogP contribution in [-0.2, 0) is 0 Å². The second-order valence-corrected chi connectivity index (χ2v) is 2.99. The maximum atomic E-state index is 10.8. The lowest BCUT2D eigenvalue weighted by atomic mass is 10.0. The van der Waals surface area contributed by atoms with Gasteiger partial charge in [0.2, 0.25) is 0 Å². The molecule has 0 amide bonds. The average Bonchev–Trinajstić information content (AvgIpc) is 2.27. The minimum absolute atomic E-state index is 0.0806. The van der Waals surface area contributed by atoms with E-state index in [1.165, 1.54) is 18.3 Å². The van der Waals surface area contributed by atoms with E-state index in [9.17, 15) is 15.0 Å². The normalized spacial score (nSPS) is 14.6. The maximum absolute atomic E-state index is 10.8. The van der Waals surface area contributed by atoms with Crippen molar-refractivity contribution in [2.24, 2.45) is 5.73 Å². The second-order valence-electron chi connectivity index (χ2n) is 2.99. The predicted octanol–water partition coefficient (Wildman–Crippen LogP) is -0.867. The lowest BCUT2D eigenvalue weighted by Crippen LogP contribution is -2.29. The molecule has 1 aromatic heterocycles. The lowest BCUT2D eigenvalue weighted by Gasteiger charge is -2.16. The van der Waals surface area contributed by atoms with Gasteiger partial charge in [0.1, 0.15) is 6.10 Å².